The average molecular weight is 427 g/mol. The van der Waals surface area contributed by atoms with Crippen molar-refractivity contribution in [2.24, 2.45) is 5.92 Å². The predicted molar refractivity (Wildman–Crippen MR) is 111 cm³/mol. The number of pyridine rings is 1. The van der Waals surface area contributed by atoms with Gasteiger partial charge in [0.1, 0.15) is 17.5 Å². The molecule has 6 nitrogen and oxygen atoms in total. The zero-order chi connectivity index (χ0) is 21.3. The Kier molecular flexibility index (Phi) is 5.39. The number of nitrogens with zero attached hydrogens (tertiary/aromatic N) is 3. The van der Waals surface area contributed by atoms with E-state index < -0.39 is 11.3 Å². The lowest BCUT2D eigenvalue weighted by molar-refractivity contribution is -0.117. The number of benzene rings is 1. The summed E-state index contributed by atoms with van der Waals surface area (Å²) in [6, 6.07) is 9.74. The third-order valence-corrected chi connectivity index (χ3v) is 5.54. The van der Waals surface area contributed by atoms with Gasteiger partial charge in [-0.05, 0) is 44.0 Å². The van der Waals surface area contributed by atoms with E-state index in [-0.39, 0.29) is 18.3 Å². The minimum Gasteiger partial charge on any atom is -0.489 e. The second kappa shape index (κ2) is 7.99. The zero-order valence-electron chi connectivity index (χ0n) is 16.5. The Hall–Kier alpha value is -3.06. The van der Waals surface area contributed by atoms with E-state index in [1.165, 1.54) is 12.3 Å². The maximum Gasteiger partial charge on any atom is 0.229 e. The van der Waals surface area contributed by atoms with Crippen molar-refractivity contribution in [2.45, 2.75) is 25.7 Å². The summed E-state index contributed by atoms with van der Waals surface area (Å²) in [4.78, 5) is 25.4. The minimum absolute atomic E-state index is 0.132. The lowest BCUT2D eigenvalue weighted by Gasteiger charge is -2.20. The van der Waals surface area contributed by atoms with Gasteiger partial charge in [-0.1, -0.05) is 29.8 Å². The van der Waals surface area contributed by atoms with E-state index in [0.29, 0.717) is 40.1 Å². The van der Waals surface area contributed by atoms with E-state index in [1.54, 1.807) is 43.5 Å². The molecule has 0 radical (unpaired) electrons. The van der Waals surface area contributed by atoms with Crippen LogP contribution in [-0.2, 0) is 10.2 Å². The molecule has 4 rings (SSSR count). The molecule has 3 aromatic rings. The molecule has 1 aliphatic carbocycles. The summed E-state index contributed by atoms with van der Waals surface area (Å²) in [5.74, 6) is 0.483. The van der Waals surface area contributed by atoms with Crippen molar-refractivity contribution in [1.82, 2.24) is 15.0 Å². The molecule has 0 saturated heterocycles. The highest BCUT2D eigenvalue weighted by molar-refractivity contribution is 6.30. The largest absolute Gasteiger partial charge is 0.489 e. The van der Waals surface area contributed by atoms with Gasteiger partial charge in [-0.2, -0.15) is 0 Å². The van der Waals surface area contributed by atoms with Crippen LogP contribution >= 0.6 is 11.6 Å². The smallest absolute Gasteiger partial charge is 0.229 e. The summed E-state index contributed by atoms with van der Waals surface area (Å²) in [5.41, 5.74) is 0.372. The Labute approximate surface area is 178 Å². The fourth-order valence-electron chi connectivity index (χ4n) is 3.63. The van der Waals surface area contributed by atoms with Crippen LogP contribution in [0.1, 0.15) is 23.5 Å². The molecule has 2 heterocycles. The van der Waals surface area contributed by atoms with Crippen molar-refractivity contribution in [3.63, 3.8) is 0 Å². The van der Waals surface area contributed by atoms with E-state index in [9.17, 15) is 9.18 Å². The van der Waals surface area contributed by atoms with Crippen LogP contribution in [0.3, 0.4) is 0 Å². The van der Waals surface area contributed by atoms with Crippen LogP contribution in [0, 0.1) is 25.6 Å². The van der Waals surface area contributed by atoms with Crippen molar-refractivity contribution < 1.29 is 13.9 Å². The summed E-state index contributed by atoms with van der Waals surface area (Å²) in [6.45, 7) is 3.75. The Morgan fingerprint density at radius 1 is 1.23 bits per heavy atom. The Balaban J connectivity index is 1.57. The highest BCUT2D eigenvalue weighted by atomic mass is 35.5. The molecule has 1 N–H and O–H groups in total. The molecular formula is C22H20ClFN4O2. The number of anilines is 1. The number of nitrogens with one attached hydrogen (secondary N) is 1. The molecule has 30 heavy (non-hydrogen) atoms. The maximum absolute atomic E-state index is 14.7. The van der Waals surface area contributed by atoms with Gasteiger partial charge in [0.25, 0.3) is 0 Å². The molecule has 2 atom stereocenters. The maximum atomic E-state index is 14.7. The number of aryl methyl sites for hydroxylation is 2. The van der Waals surface area contributed by atoms with Gasteiger partial charge in [0.2, 0.25) is 5.91 Å². The van der Waals surface area contributed by atoms with E-state index in [2.05, 4.69) is 20.3 Å². The molecule has 154 valence electrons. The number of rotatable bonds is 6. The first-order valence-electron chi connectivity index (χ1n) is 9.49. The van der Waals surface area contributed by atoms with Gasteiger partial charge in [0, 0.05) is 11.6 Å². The highest BCUT2D eigenvalue weighted by Crippen LogP contribution is 2.55. The summed E-state index contributed by atoms with van der Waals surface area (Å²) >= 11 is 5.84. The number of hydrogen-bond donors (Lipinski definition) is 1. The van der Waals surface area contributed by atoms with Crippen molar-refractivity contribution in [3.05, 3.63) is 76.7 Å². The number of carbonyl (C=O) groups is 1. The molecule has 1 aromatic carbocycles. The van der Waals surface area contributed by atoms with Crippen molar-refractivity contribution in [3.8, 4) is 5.75 Å². The predicted octanol–water partition coefficient (Wildman–Crippen LogP) is 4.26. The molecule has 8 heteroatoms. The fraction of sp³-hybridized carbons (Fsp3) is 0.273. The van der Waals surface area contributed by atoms with Gasteiger partial charge in [-0.25, -0.2) is 19.3 Å². The van der Waals surface area contributed by atoms with Crippen molar-refractivity contribution in [1.29, 1.82) is 0 Å². The Morgan fingerprint density at radius 2 is 2.03 bits per heavy atom. The molecule has 1 aliphatic rings. The van der Waals surface area contributed by atoms with Gasteiger partial charge in [0.15, 0.2) is 5.75 Å². The van der Waals surface area contributed by atoms with Crippen LogP contribution in [0.2, 0.25) is 5.02 Å². The number of amides is 1. The van der Waals surface area contributed by atoms with E-state index >= 15 is 0 Å². The summed E-state index contributed by atoms with van der Waals surface area (Å²) in [7, 11) is 0. The molecule has 0 spiro atoms. The topological polar surface area (TPSA) is 77.0 Å². The molecular weight excluding hydrogens is 407 g/mol. The highest BCUT2D eigenvalue weighted by Gasteiger charge is 2.61. The zero-order valence-corrected chi connectivity index (χ0v) is 17.3. The van der Waals surface area contributed by atoms with Crippen LogP contribution in [0.4, 0.5) is 10.2 Å². The van der Waals surface area contributed by atoms with E-state index in [4.69, 9.17) is 16.3 Å². The minimum atomic E-state index is -0.779. The first-order chi connectivity index (χ1) is 14.4. The molecule has 0 bridgehead atoms. The third kappa shape index (κ3) is 3.98. The second-order valence-corrected chi connectivity index (χ2v) is 7.84. The van der Waals surface area contributed by atoms with E-state index in [0.717, 1.165) is 0 Å². The fourth-order valence-corrected chi connectivity index (χ4v) is 3.74. The summed E-state index contributed by atoms with van der Waals surface area (Å²) in [6.07, 6.45) is 3.51. The van der Waals surface area contributed by atoms with Gasteiger partial charge in [0.05, 0.1) is 29.4 Å². The van der Waals surface area contributed by atoms with Crippen LogP contribution in [-0.4, -0.2) is 27.5 Å². The standard InChI is InChI=1S/C22H20ClFN4O2/c1-13-19(11-25-14(2)27-13)30-12-22(16-5-3-4-6-18(16)24)9-17(22)21(29)28-20-8-7-15(23)10-26-20/h3-8,10-11,17H,9,12H2,1-2H3,(H,26,28,29)/t17-,22+/m0/s1. The van der Waals surface area contributed by atoms with Crippen molar-refractivity contribution >= 4 is 23.3 Å². The van der Waals surface area contributed by atoms with Crippen LogP contribution in [0.25, 0.3) is 0 Å². The summed E-state index contributed by atoms with van der Waals surface area (Å²) < 4.78 is 20.6. The third-order valence-electron chi connectivity index (χ3n) is 5.32. The molecule has 1 saturated carbocycles. The molecule has 1 amide bonds. The molecule has 0 aliphatic heterocycles. The Bertz CT molecular complexity index is 1090. The summed E-state index contributed by atoms with van der Waals surface area (Å²) in [5, 5.41) is 3.26. The first kappa shape index (κ1) is 20.2. The van der Waals surface area contributed by atoms with Crippen molar-refractivity contribution in [2.75, 3.05) is 11.9 Å². The van der Waals surface area contributed by atoms with Crippen LogP contribution < -0.4 is 10.1 Å². The van der Waals surface area contributed by atoms with Gasteiger partial charge < -0.3 is 10.1 Å². The number of carbonyl (C=O) groups excluding carboxylic acids is 1. The lowest BCUT2D eigenvalue weighted by atomic mass is 9.93. The number of ether oxygens (including phenoxy) is 1. The molecule has 0 unspecified atom stereocenters. The molecule has 2 aromatic heterocycles. The number of aromatic nitrogens is 3. The average Bonchev–Trinajstić information content (AvgIpc) is 3.45. The number of hydrogen-bond acceptors (Lipinski definition) is 5. The SMILES string of the molecule is Cc1ncc(OC[C@@]2(c3ccccc3F)C[C@H]2C(=O)Nc2ccc(Cl)cn2)c(C)n1. The normalized spacial score (nSPS) is 19.9. The monoisotopic (exact) mass is 426 g/mol. The van der Waals surface area contributed by atoms with Crippen LogP contribution in [0.15, 0.2) is 48.8 Å². The quantitative estimate of drug-likeness (QED) is 0.637. The lowest BCUT2D eigenvalue weighted by Crippen LogP contribution is -2.27. The van der Waals surface area contributed by atoms with Gasteiger partial charge in [-0.3, -0.25) is 4.79 Å². The second-order valence-electron chi connectivity index (χ2n) is 7.40. The van der Waals surface area contributed by atoms with Crippen LogP contribution in [0.5, 0.6) is 5.75 Å². The Morgan fingerprint density at radius 3 is 2.73 bits per heavy atom. The molecule has 1 fully saturated rings. The first-order valence-corrected chi connectivity index (χ1v) is 9.87. The number of halogens is 2. The van der Waals surface area contributed by atoms with Gasteiger partial charge in [-0.15, -0.1) is 0 Å². The van der Waals surface area contributed by atoms with Gasteiger partial charge >= 0.3 is 0 Å². The van der Waals surface area contributed by atoms with E-state index in [1.807, 2.05) is 6.92 Å².